The predicted molar refractivity (Wildman–Crippen MR) is 60.2 cm³/mol. The molecule has 0 saturated heterocycles. The van der Waals surface area contributed by atoms with Crippen LogP contribution in [0.1, 0.15) is 23.2 Å². The Morgan fingerprint density at radius 2 is 2.25 bits per heavy atom. The fourth-order valence-electron chi connectivity index (χ4n) is 1.22. The molecule has 0 bridgehead atoms. The summed E-state index contributed by atoms with van der Waals surface area (Å²) in [6, 6.07) is 1.57. The zero-order valence-corrected chi connectivity index (χ0v) is 10.4. The topological polar surface area (TPSA) is 70.8 Å². The van der Waals surface area contributed by atoms with Crippen LogP contribution in [-0.4, -0.2) is 35.5 Å². The average Bonchev–Trinajstić information content (AvgIpc) is 2.62. The van der Waals surface area contributed by atoms with Crippen LogP contribution in [0.25, 0.3) is 0 Å². The highest BCUT2D eigenvalue weighted by molar-refractivity contribution is 9.10. The molecule has 6 heteroatoms. The van der Waals surface area contributed by atoms with E-state index >= 15 is 0 Å². The first kappa shape index (κ1) is 12.8. The summed E-state index contributed by atoms with van der Waals surface area (Å²) in [5.74, 6) is -1.05. The summed E-state index contributed by atoms with van der Waals surface area (Å²) >= 11 is 3.12. The molecule has 0 saturated carbocycles. The maximum atomic E-state index is 11.8. The van der Waals surface area contributed by atoms with Crippen molar-refractivity contribution in [2.45, 2.75) is 12.8 Å². The number of aliphatic carboxylic acids is 1. The molecule has 0 atom stereocenters. The molecule has 88 valence electrons. The maximum absolute atomic E-state index is 11.8. The summed E-state index contributed by atoms with van der Waals surface area (Å²) in [4.78, 5) is 23.6. The van der Waals surface area contributed by atoms with Crippen molar-refractivity contribution in [3.63, 3.8) is 0 Å². The fourth-order valence-corrected chi connectivity index (χ4v) is 1.63. The number of halogens is 1. The van der Waals surface area contributed by atoms with Crippen LogP contribution in [0.5, 0.6) is 0 Å². The smallest absolute Gasteiger partial charge is 0.303 e. The number of amides is 1. The van der Waals surface area contributed by atoms with Gasteiger partial charge in [0, 0.05) is 20.0 Å². The fraction of sp³-hybridized carbons (Fsp3) is 0.400. The lowest BCUT2D eigenvalue weighted by Crippen LogP contribution is -2.28. The highest BCUT2D eigenvalue weighted by atomic mass is 79.9. The molecule has 1 aromatic rings. The average molecular weight is 290 g/mol. The van der Waals surface area contributed by atoms with Crippen molar-refractivity contribution in [1.82, 2.24) is 4.90 Å². The lowest BCUT2D eigenvalue weighted by Gasteiger charge is -2.15. The van der Waals surface area contributed by atoms with Gasteiger partial charge in [-0.15, -0.1) is 0 Å². The van der Waals surface area contributed by atoms with Gasteiger partial charge in [0.2, 0.25) is 0 Å². The van der Waals surface area contributed by atoms with Crippen LogP contribution in [0, 0.1) is 0 Å². The van der Waals surface area contributed by atoms with Crippen molar-refractivity contribution in [2.75, 3.05) is 13.6 Å². The third-order valence-electron chi connectivity index (χ3n) is 2.08. The molecule has 1 heterocycles. The van der Waals surface area contributed by atoms with Crippen molar-refractivity contribution < 1.29 is 19.1 Å². The van der Waals surface area contributed by atoms with E-state index in [1.165, 1.54) is 11.2 Å². The van der Waals surface area contributed by atoms with Crippen molar-refractivity contribution >= 4 is 27.8 Å². The molecule has 0 aliphatic heterocycles. The molecular formula is C10H12BrNO4. The lowest BCUT2D eigenvalue weighted by molar-refractivity contribution is -0.137. The maximum Gasteiger partial charge on any atom is 0.303 e. The molecule has 16 heavy (non-hydrogen) atoms. The zero-order chi connectivity index (χ0) is 12.1. The van der Waals surface area contributed by atoms with Gasteiger partial charge in [0.1, 0.15) is 0 Å². The van der Waals surface area contributed by atoms with Gasteiger partial charge in [-0.3, -0.25) is 9.59 Å². The Hall–Kier alpha value is -1.30. The van der Waals surface area contributed by atoms with Crippen LogP contribution in [0.2, 0.25) is 0 Å². The molecule has 0 spiro atoms. The second-order valence-electron chi connectivity index (χ2n) is 3.33. The van der Waals surface area contributed by atoms with Gasteiger partial charge in [-0.05, 0) is 28.4 Å². The van der Waals surface area contributed by atoms with E-state index < -0.39 is 5.97 Å². The van der Waals surface area contributed by atoms with E-state index in [1.807, 2.05) is 0 Å². The van der Waals surface area contributed by atoms with Gasteiger partial charge in [-0.1, -0.05) is 0 Å². The quantitative estimate of drug-likeness (QED) is 0.900. The molecule has 1 N–H and O–H groups in total. The van der Waals surface area contributed by atoms with Crippen LogP contribution >= 0.6 is 15.9 Å². The summed E-state index contributed by atoms with van der Waals surface area (Å²) in [5.41, 5.74) is 0.442. The minimum Gasteiger partial charge on any atom is -0.481 e. The van der Waals surface area contributed by atoms with Crippen LogP contribution in [0.4, 0.5) is 0 Å². The van der Waals surface area contributed by atoms with Gasteiger partial charge in [0.25, 0.3) is 5.91 Å². The summed E-state index contributed by atoms with van der Waals surface area (Å²) in [5, 5.41) is 8.47. The van der Waals surface area contributed by atoms with Crippen LogP contribution in [0.3, 0.4) is 0 Å². The van der Waals surface area contributed by atoms with Crippen molar-refractivity contribution in [2.24, 2.45) is 0 Å². The number of furan rings is 1. The molecule has 1 rings (SSSR count). The van der Waals surface area contributed by atoms with Crippen molar-refractivity contribution in [3.8, 4) is 0 Å². The minimum atomic E-state index is -0.856. The van der Waals surface area contributed by atoms with Gasteiger partial charge in [0.05, 0.1) is 11.8 Å². The Morgan fingerprint density at radius 1 is 1.56 bits per heavy atom. The number of hydrogen-bond acceptors (Lipinski definition) is 3. The molecular weight excluding hydrogens is 278 g/mol. The van der Waals surface area contributed by atoms with E-state index in [0.29, 0.717) is 23.2 Å². The first-order valence-electron chi connectivity index (χ1n) is 4.72. The standard InChI is InChI=1S/C10H12BrNO4/c1-12(5-2-3-8(13)14)10(15)7-4-6-16-9(7)11/h4,6H,2-3,5H2,1H3,(H,13,14). The number of hydrogen-bond donors (Lipinski definition) is 1. The molecule has 0 fully saturated rings. The summed E-state index contributed by atoms with van der Waals surface area (Å²) in [6.07, 6.45) is 1.92. The molecule has 0 aliphatic carbocycles. The molecule has 0 radical (unpaired) electrons. The Morgan fingerprint density at radius 3 is 2.75 bits per heavy atom. The first-order chi connectivity index (χ1) is 7.52. The highest BCUT2D eigenvalue weighted by Gasteiger charge is 2.16. The van der Waals surface area contributed by atoms with Crippen molar-refractivity contribution in [1.29, 1.82) is 0 Å². The van der Waals surface area contributed by atoms with Crippen molar-refractivity contribution in [3.05, 3.63) is 22.6 Å². The third kappa shape index (κ3) is 3.37. The highest BCUT2D eigenvalue weighted by Crippen LogP contribution is 2.18. The molecule has 0 aromatic carbocycles. The van der Waals surface area contributed by atoms with Crippen LogP contribution in [0.15, 0.2) is 21.4 Å². The van der Waals surface area contributed by atoms with Gasteiger partial charge < -0.3 is 14.4 Å². The van der Waals surface area contributed by atoms with E-state index in [2.05, 4.69) is 15.9 Å². The molecule has 0 unspecified atom stereocenters. The molecule has 1 amide bonds. The van der Waals surface area contributed by atoms with E-state index in [0.717, 1.165) is 0 Å². The van der Waals surface area contributed by atoms with E-state index in [4.69, 9.17) is 9.52 Å². The Balaban J connectivity index is 2.49. The van der Waals surface area contributed by atoms with E-state index in [1.54, 1.807) is 13.1 Å². The van der Waals surface area contributed by atoms with E-state index in [-0.39, 0.29) is 12.3 Å². The monoisotopic (exact) mass is 289 g/mol. The Bertz CT molecular complexity index is 388. The largest absolute Gasteiger partial charge is 0.481 e. The first-order valence-corrected chi connectivity index (χ1v) is 5.52. The summed E-state index contributed by atoms with van der Waals surface area (Å²) < 4.78 is 5.34. The number of carboxylic acids is 1. The summed E-state index contributed by atoms with van der Waals surface area (Å²) in [7, 11) is 1.63. The van der Waals surface area contributed by atoms with Crippen LogP contribution in [-0.2, 0) is 4.79 Å². The normalized spacial score (nSPS) is 10.1. The lowest BCUT2D eigenvalue weighted by atomic mass is 10.2. The number of nitrogens with zero attached hydrogens (tertiary/aromatic N) is 1. The van der Waals surface area contributed by atoms with Gasteiger partial charge >= 0.3 is 5.97 Å². The van der Waals surface area contributed by atoms with Crippen LogP contribution < -0.4 is 0 Å². The second kappa shape index (κ2) is 5.69. The SMILES string of the molecule is CN(CCCC(=O)O)C(=O)c1ccoc1Br. The number of carbonyl (C=O) groups is 2. The van der Waals surface area contributed by atoms with Gasteiger partial charge in [-0.25, -0.2) is 0 Å². The summed E-state index contributed by atoms with van der Waals surface area (Å²) in [6.45, 7) is 0.406. The van der Waals surface area contributed by atoms with Gasteiger partial charge in [0.15, 0.2) is 4.67 Å². The van der Waals surface area contributed by atoms with Gasteiger partial charge in [-0.2, -0.15) is 0 Å². The third-order valence-corrected chi connectivity index (χ3v) is 2.69. The number of carbonyl (C=O) groups excluding carboxylic acids is 1. The number of rotatable bonds is 5. The molecule has 1 aromatic heterocycles. The minimum absolute atomic E-state index is 0.0597. The molecule has 0 aliphatic rings. The number of carboxylic acid groups (broad SMARTS) is 1. The zero-order valence-electron chi connectivity index (χ0n) is 8.77. The molecule has 5 nitrogen and oxygen atoms in total. The Labute approximate surface area is 101 Å². The Kier molecular flexibility index (Phi) is 4.54. The second-order valence-corrected chi connectivity index (χ2v) is 4.05. The predicted octanol–water partition coefficient (Wildman–Crippen LogP) is 1.98. The van der Waals surface area contributed by atoms with E-state index in [9.17, 15) is 9.59 Å².